The van der Waals surface area contributed by atoms with Gasteiger partial charge in [-0.15, -0.1) is 0 Å². The molecule has 164 valence electrons. The van der Waals surface area contributed by atoms with Crippen molar-refractivity contribution in [2.75, 3.05) is 5.32 Å². The Labute approximate surface area is 194 Å². The van der Waals surface area contributed by atoms with Crippen molar-refractivity contribution in [1.82, 2.24) is 19.6 Å². The Morgan fingerprint density at radius 2 is 1.84 bits per heavy atom. The van der Waals surface area contributed by atoms with Gasteiger partial charge >= 0.3 is 0 Å². The number of rotatable bonds is 6. The number of hydrogen-bond acceptors (Lipinski definition) is 3. The third-order valence-electron chi connectivity index (χ3n) is 5.05. The molecule has 0 radical (unpaired) electrons. The molecule has 4 aromatic rings. The number of carbonyl (C=O) groups excluding carboxylic acids is 1. The summed E-state index contributed by atoms with van der Waals surface area (Å²) in [6, 6.07) is 13.6. The molecule has 2 heterocycles. The lowest BCUT2D eigenvalue weighted by Gasteiger charge is -2.08. The summed E-state index contributed by atoms with van der Waals surface area (Å²) in [6.07, 6.45) is 1.55. The highest BCUT2D eigenvalue weighted by Gasteiger charge is 2.15. The van der Waals surface area contributed by atoms with Crippen molar-refractivity contribution in [3.05, 3.63) is 98.7 Å². The zero-order valence-corrected chi connectivity index (χ0v) is 19.0. The molecule has 6 nitrogen and oxygen atoms in total. The predicted octanol–water partition coefficient (Wildman–Crippen LogP) is 5.49. The maximum absolute atomic E-state index is 13.9. The number of amides is 1. The van der Waals surface area contributed by atoms with Gasteiger partial charge in [-0.05, 0) is 37.6 Å². The molecule has 0 saturated heterocycles. The third-order valence-corrected chi connectivity index (χ3v) is 5.88. The van der Waals surface area contributed by atoms with Gasteiger partial charge in [0.2, 0.25) is 0 Å². The molecular weight excluding hydrogens is 452 g/mol. The largest absolute Gasteiger partial charge is 0.304 e. The normalized spacial score (nSPS) is 11.0. The monoisotopic (exact) mass is 471 g/mol. The van der Waals surface area contributed by atoms with Gasteiger partial charge < -0.3 is 5.32 Å². The SMILES string of the molecule is Cc1nn(Cc2cccc(C(=O)Nc3nn(Cc4ccccc4F)cc3Cl)c2)c(C)c1Cl. The summed E-state index contributed by atoms with van der Waals surface area (Å²) >= 11 is 12.5. The molecule has 2 aromatic carbocycles. The summed E-state index contributed by atoms with van der Waals surface area (Å²) in [6.45, 7) is 4.44. The van der Waals surface area contributed by atoms with Crippen molar-refractivity contribution in [3.63, 3.8) is 0 Å². The van der Waals surface area contributed by atoms with Crippen LogP contribution in [0.1, 0.15) is 32.9 Å². The second kappa shape index (κ2) is 9.14. The van der Waals surface area contributed by atoms with E-state index in [0.717, 1.165) is 17.0 Å². The van der Waals surface area contributed by atoms with Crippen molar-refractivity contribution in [2.24, 2.45) is 0 Å². The van der Waals surface area contributed by atoms with E-state index in [0.29, 0.717) is 22.7 Å². The maximum Gasteiger partial charge on any atom is 0.256 e. The lowest BCUT2D eigenvalue weighted by Crippen LogP contribution is -2.14. The van der Waals surface area contributed by atoms with Gasteiger partial charge in [0.05, 0.1) is 29.5 Å². The summed E-state index contributed by atoms with van der Waals surface area (Å²) < 4.78 is 17.2. The van der Waals surface area contributed by atoms with Crippen LogP contribution in [0.5, 0.6) is 0 Å². The molecule has 0 unspecified atom stereocenters. The van der Waals surface area contributed by atoms with Gasteiger partial charge in [-0.2, -0.15) is 10.2 Å². The number of hydrogen-bond donors (Lipinski definition) is 1. The number of carbonyl (C=O) groups is 1. The molecule has 0 atom stereocenters. The van der Waals surface area contributed by atoms with Crippen molar-refractivity contribution in [3.8, 4) is 0 Å². The Morgan fingerprint density at radius 1 is 1.06 bits per heavy atom. The van der Waals surface area contributed by atoms with Crippen molar-refractivity contribution < 1.29 is 9.18 Å². The van der Waals surface area contributed by atoms with Crippen LogP contribution in [0.4, 0.5) is 10.2 Å². The van der Waals surface area contributed by atoms with Crippen molar-refractivity contribution in [2.45, 2.75) is 26.9 Å². The second-order valence-electron chi connectivity index (χ2n) is 7.41. The van der Waals surface area contributed by atoms with Crippen LogP contribution in [0.25, 0.3) is 0 Å². The summed E-state index contributed by atoms with van der Waals surface area (Å²) in [7, 11) is 0. The number of aromatic nitrogens is 4. The standard InChI is InChI=1S/C23H20Cl2FN5O/c1-14-21(25)15(2)31(28-14)11-16-6-5-8-17(10-16)23(32)27-22-19(24)13-30(29-22)12-18-7-3-4-9-20(18)26/h3-10,13H,11-12H2,1-2H3,(H,27,29,32). The van der Waals surface area contributed by atoms with Gasteiger partial charge in [0, 0.05) is 17.3 Å². The van der Waals surface area contributed by atoms with E-state index >= 15 is 0 Å². The number of nitrogens with zero attached hydrogens (tertiary/aromatic N) is 4. The summed E-state index contributed by atoms with van der Waals surface area (Å²) in [5.41, 5.74) is 3.46. The minimum Gasteiger partial charge on any atom is -0.304 e. The highest BCUT2D eigenvalue weighted by atomic mass is 35.5. The Hall–Kier alpha value is -3.16. The Kier molecular flexibility index (Phi) is 6.30. The quantitative estimate of drug-likeness (QED) is 0.404. The molecule has 0 bridgehead atoms. The van der Waals surface area contributed by atoms with E-state index in [9.17, 15) is 9.18 Å². The zero-order valence-electron chi connectivity index (χ0n) is 17.4. The molecule has 9 heteroatoms. The van der Waals surface area contributed by atoms with E-state index in [4.69, 9.17) is 23.2 Å². The van der Waals surface area contributed by atoms with Crippen LogP contribution < -0.4 is 5.32 Å². The average Bonchev–Trinajstić information content (AvgIpc) is 3.23. The summed E-state index contributed by atoms with van der Waals surface area (Å²) in [5.74, 6) is -0.467. The average molecular weight is 472 g/mol. The lowest BCUT2D eigenvalue weighted by molar-refractivity contribution is 0.102. The fourth-order valence-corrected chi connectivity index (χ4v) is 3.69. The molecule has 0 fully saturated rings. The first-order valence-corrected chi connectivity index (χ1v) is 10.6. The zero-order chi connectivity index (χ0) is 22.8. The van der Waals surface area contributed by atoms with Crippen LogP contribution in [-0.2, 0) is 13.1 Å². The summed E-state index contributed by atoms with van der Waals surface area (Å²) in [5, 5.41) is 12.3. The van der Waals surface area contributed by atoms with E-state index in [1.807, 2.05) is 19.9 Å². The first-order valence-electron chi connectivity index (χ1n) is 9.88. The van der Waals surface area contributed by atoms with Gasteiger partial charge in [-0.25, -0.2) is 4.39 Å². The first kappa shape index (κ1) is 22.0. The van der Waals surface area contributed by atoms with Gasteiger partial charge in [-0.1, -0.05) is 53.5 Å². The van der Waals surface area contributed by atoms with Crippen LogP contribution in [0, 0.1) is 19.7 Å². The van der Waals surface area contributed by atoms with E-state index in [2.05, 4.69) is 15.5 Å². The number of anilines is 1. The fraction of sp³-hybridized carbons (Fsp3) is 0.174. The molecule has 0 aliphatic rings. The number of benzene rings is 2. The van der Waals surface area contributed by atoms with Gasteiger partial charge in [0.25, 0.3) is 5.91 Å². The van der Waals surface area contributed by atoms with Crippen molar-refractivity contribution >= 4 is 34.9 Å². The molecule has 1 N–H and O–H groups in total. The van der Waals surface area contributed by atoms with Crippen LogP contribution in [0.15, 0.2) is 54.7 Å². The van der Waals surface area contributed by atoms with E-state index in [1.165, 1.54) is 10.7 Å². The van der Waals surface area contributed by atoms with Crippen LogP contribution in [0.2, 0.25) is 10.0 Å². The number of halogens is 3. The first-order chi connectivity index (χ1) is 15.3. The Morgan fingerprint density at radius 3 is 2.56 bits per heavy atom. The number of nitrogens with one attached hydrogen (secondary N) is 1. The molecule has 1 amide bonds. The Bertz CT molecular complexity index is 1300. The van der Waals surface area contributed by atoms with Crippen LogP contribution >= 0.6 is 23.2 Å². The van der Waals surface area contributed by atoms with Gasteiger partial charge in [-0.3, -0.25) is 14.2 Å². The molecule has 0 spiro atoms. The highest BCUT2D eigenvalue weighted by Crippen LogP contribution is 2.22. The number of aryl methyl sites for hydroxylation is 1. The Balaban J connectivity index is 1.48. The maximum atomic E-state index is 13.9. The minimum atomic E-state index is -0.351. The smallest absolute Gasteiger partial charge is 0.256 e. The van der Waals surface area contributed by atoms with Crippen molar-refractivity contribution in [1.29, 1.82) is 0 Å². The molecule has 0 saturated carbocycles. The molecule has 4 rings (SSSR count). The molecular formula is C23H20Cl2FN5O. The molecule has 0 aliphatic carbocycles. The lowest BCUT2D eigenvalue weighted by atomic mass is 10.1. The summed E-state index contributed by atoms with van der Waals surface area (Å²) in [4.78, 5) is 12.8. The predicted molar refractivity (Wildman–Crippen MR) is 123 cm³/mol. The topological polar surface area (TPSA) is 64.7 Å². The molecule has 2 aromatic heterocycles. The van der Waals surface area contributed by atoms with Gasteiger partial charge in [0.15, 0.2) is 5.82 Å². The molecule has 32 heavy (non-hydrogen) atoms. The molecule has 0 aliphatic heterocycles. The third kappa shape index (κ3) is 4.69. The fourth-order valence-electron chi connectivity index (χ4n) is 3.36. The second-order valence-corrected chi connectivity index (χ2v) is 8.20. The highest BCUT2D eigenvalue weighted by molar-refractivity contribution is 6.33. The van der Waals surface area contributed by atoms with E-state index in [1.54, 1.807) is 47.3 Å². The van der Waals surface area contributed by atoms with E-state index in [-0.39, 0.29) is 29.1 Å². The van der Waals surface area contributed by atoms with Gasteiger partial charge in [0.1, 0.15) is 10.8 Å². The van der Waals surface area contributed by atoms with Crippen LogP contribution in [0.3, 0.4) is 0 Å². The minimum absolute atomic E-state index is 0.197. The van der Waals surface area contributed by atoms with E-state index < -0.39 is 0 Å². The van der Waals surface area contributed by atoms with Crippen LogP contribution in [-0.4, -0.2) is 25.5 Å².